The van der Waals surface area contributed by atoms with E-state index in [0.29, 0.717) is 24.8 Å². The normalized spacial score (nSPS) is 26.5. The molecule has 120 valence electrons. The Hall–Kier alpha value is -1.10. The largest absolute Gasteiger partial charge is 0.393 e. The van der Waals surface area contributed by atoms with Crippen molar-refractivity contribution in [1.29, 1.82) is 0 Å². The Bertz CT molecular complexity index is 353. The van der Waals surface area contributed by atoms with Gasteiger partial charge in [0, 0.05) is 13.0 Å². The predicted octanol–water partition coefficient (Wildman–Crippen LogP) is 1.35. The van der Waals surface area contributed by atoms with E-state index in [4.69, 9.17) is 0 Å². The molecule has 5 heteroatoms. The molecule has 0 spiro atoms. The van der Waals surface area contributed by atoms with E-state index >= 15 is 0 Å². The van der Waals surface area contributed by atoms with Crippen LogP contribution in [0.2, 0.25) is 0 Å². The molecule has 2 aliphatic carbocycles. The van der Waals surface area contributed by atoms with Crippen LogP contribution >= 0.6 is 0 Å². The Balaban J connectivity index is 1.55. The van der Waals surface area contributed by atoms with Crippen LogP contribution in [-0.2, 0) is 9.59 Å². The van der Waals surface area contributed by atoms with Crippen molar-refractivity contribution in [3.8, 4) is 0 Å². The summed E-state index contributed by atoms with van der Waals surface area (Å²) < 4.78 is 0. The summed E-state index contributed by atoms with van der Waals surface area (Å²) >= 11 is 0. The lowest BCUT2D eigenvalue weighted by atomic mass is 9.87. The lowest BCUT2D eigenvalue weighted by Gasteiger charge is -2.25. The van der Waals surface area contributed by atoms with Gasteiger partial charge in [0.05, 0.1) is 12.6 Å². The number of aliphatic hydroxyl groups is 1. The molecule has 0 radical (unpaired) electrons. The van der Waals surface area contributed by atoms with Crippen LogP contribution in [0.15, 0.2) is 0 Å². The summed E-state index contributed by atoms with van der Waals surface area (Å²) in [6.45, 7) is 0.676. The molecule has 2 fully saturated rings. The van der Waals surface area contributed by atoms with Crippen LogP contribution in [0.25, 0.3) is 0 Å². The molecule has 0 heterocycles. The van der Waals surface area contributed by atoms with E-state index in [2.05, 4.69) is 10.6 Å². The van der Waals surface area contributed by atoms with Gasteiger partial charge in [-0.25, -0.2) is 0 Å². The Morgan fingerprint density at radius 2 is 1.62 bits per heavy atom. The van der Waals surface area contributed by atoms with Crippen molar-refractivity contribution in [2.45, 2.75) is 63.9 Å². The monoisotopic (exact) mass is 296 g/mol. The van der Waals surface area contributed by atoms with Gasteiger partial charge in [-0.1, -0.05) is 19.3 Å². The van der Waals surface area contributed by atoms with E-state index in [-0.39, 0.29) is 24.5 Å². The number of amides is 2. The van der Waals surface area contributed by atoms with E-state index in [9.17, 15) is 14.7 Å². The quantitative estimate of drug-likeness (QED) is 0.692. The highest BCUT2D eigenvalue weighted by Crippen LogP contribution is 2.27. The molecule has 3 N–H and O–H groups in total. The minimum atomic E-state index is -0.216. The fourth-order valence-corrected chi connectivity index (χ4v) is 3.50. The second-order valence-electron chi connectivity index (χ2n) is 6.62. The van der Waals surface area contributed by atoms with Crippen LogP contribution in [0.3, 0.4) is 0 Å². The van der Waals surface area contributed by atoms with Crippen LogP contribution < -0.4 is 10.6 Å². The van der Waals surface area contributed by atoms with Gasteiger partial charge in [0.25, 0.3) is 0 Å². The van der Waals surface area contributed by atoms with Crippen LogP contribution in [0.4, 0.5) is 0 Å². The van der Waals surface area contributed by atoms with Gasteiger partial charge in [0.2, 0.25) is 11.8 Å². The lowest BCUT2D eigenvalue weighted by molar-refractivity contribution is -0.126. The molecule has 21 heavy (non-hydrogen) atoms. The summed E-state index contributed by atoms with van der Waals surface area (Å²) in [4.78, 5) is 23.4. The Kier molecular flexibility index (Phi) is 6.49. The molecular formula is C16H28N2O3. The molecule has 2 unspecified atom stereocenters. The summed E-state index contributed by atoms with van der Waals surface area (Å²) in [6, 6.07) is 0. The highest BCUT2D eigenvalue weighted by atomic mass is 16.3. The zero-order valence-corrected chi connectivity index (χ0v) is 12.8. The molecule has 2 amide bonds. The summed E-state index contributed by atoms with van der Waals surface area (Å²) in [5, 5.41) is 15.1. The Morgan fingerprint density at radius 3 is 2.33 bits per heavy atom. The number of nitrogens with one attached hydrogen (secondary N) is 2. The van der Waals surface area contributed by atoms with Gasteiger partial charge in [-0.05, 0) is 43.9 Å². The van der Waals surface area contributed by atoms with Crippen molar-refractivity contribution in [1.82, 2.24) is 10.6 Å². The summed E-state index contributed by atoms with van der Waals surface area (Å²) in [5.41, 5.74) is 0. The lowest BCUT2D eigenvalue weighted by Crippen LogP contribution is -2.40. The van der Waals surface area contributed by atoms with Gasteiger partial charge in [0.15, 0.2) is 0 Å². The number of hydrogen-bond acceptors (Lipinski definition) is 3. The Labute approximate surface area is 126 Å². The third kappa shape index (κ3) is 6.04. The van der Waals surface area contributed by atoms with Crippen LogP contribution in [-0.4, -0.2) is 36.1 Å². The van der Waals surface area contributed by atoms with E-state index < -0.39 is 0 Å². The number of rotatable bonds is 6. The topological polar surface area (TPSA) is 78.4 Å². The maximum atomic E-state index is 11.7. The first-order valence-electron chi connectivity index (χ1n) is 8.35. The molecule has 2 atom stereocenters. The average Bonchev–Trinajstić information content (AvgIpc) is 2.96. The zero-order valence-electron chi connectivity index (χ0n) is 12.8. The molecule has 2 rings (SSSR count). The first-order valence-corrected chi connectivity index (χ1v) is 8.35. The first-order chi connectivity index (χ1) is 10.1. The molecule has 0 aromatic carbocycles. The minimum Gasteiger partial charge on any atom is -0.393 e. The molecular weight excluding hydrogens is 268 g/mol. The number of carbonyl (C=O) groups is 2. The van der Waals surface area contributed by atoms with Gasteiger partial charge in [-0.15, -0.1) is 0 Å². The zero-order chi connectivity index (χ0) is 15.1. The Morgan fingerprint density at radius 1 is 0.905 bits per heavy atom. The van der Waals surface area contributed by atoms with Crippen molar-refractivity contribution in [2.24, 2.45) is 11.8 Å². The second-order valence-corrected chi connectivity index (χ2v) is 6.62. The summed E-state index contributed by atoms with van der Waals surface area (Å²) in [6.07, 6.45) is 8.82. The van der Waals surface area contributed by atoms with Crippen molar-refractivity contribution in [3.63, 3.8) is 0 Å². The molecule has 0 saturated heterocycles. The van der Waals surface area contributed by atoms with E-state index in [1.165, 1.54) is 12.8 Å². The van der Waals surface area contributed by atoms with Crippen molar-refractivity contribution >= 4 is 11.8 Å². The third-order valence-corrected chi connectivity index (χ3v) is 4.74. The maximum Gasteiger partial charge on any atom is 0.239 e. The average molecular weight is 296 g/mol. The van der Waals surface area contributed by atoms with E-state index in [1.54, 1.807) is 0 Å². The van der Waals surface area contributed by atoms with E-state index in [0.717, 1.165) is 38.5 Å². The van der Waals surface area contributed by atoms with Crippen LogP contribution in [0, 0.1) is 11.8 Å². The highest BCUT2D eigenvalue weighted by Gasteiger charge is 2.21. The molecule has 0 bridgehead atoms. The van der Waals surface area contributed by atoms with Gasteiger partial charge in [0.1, 0.15) is 0 Å². The number of carbonyl (C=O) groups excluding carboxylic acids is 2. The molecule has 2 saturated carbocycles. The maximum absolute atomic E-state index is 11.7. The molecule has 2 aliphatic rings. The fraction of sp³-hybridized carbons (Fsp3) is 0.875. The minimum absolute atomic E-state index is 0.00913. The SMILES string of the molecule is O=C(CNC(=O)CC1CCCC1)NCC1CCCC(O)C1. The number of aliphatic hydroxyl groups excluding tert-OH is 1. The third-order valence-electron chi connectivity index (χ3n) is 4.74. The fourth-order valence-electron chi connectivity index (χ4n) is 3.50. The second kappa shape index (κ2) is 8.37. The van der Waals surface area contributed by atoms with Crippen LogP contribution in [0.5, 0.6) is 0 Å². The molecule has 5 nitrogen and oxygen atoms in total. The molecule has 0 aromatic heterocycles. The van der Waals surface area contributed by atoms with Crippen molar-refractivity contribution < 1.29 is 14.7 Å². The van der Waals surface area contributed by atoms with Crippen molar-refractivity contribution in [2.75, 3.05) is 13.1 Å². The standard InChI is InChI=1S/C16H28N2O3/c19-14-7-3-6-13(8-14)10-17-16(21)11-18-15(20)9-12-4-1-2-5-12/h12-14,19H,1-11H2,(H,17,21)(H,18,20). The molecule has 0 aliphatic heterocycles. The molecule has 0 aromatic rings. The predicted molar refractivity (Wildman–Crippen MR) is 80.6 cm³/mol. The highest BCUT2D eigenvalue weighted by molar-refractivity contribution is 5.84. The van der Waals surface area contributed by atoms with Crippen molar-refractivity contribution in [3.05, 3.63) is 0 Å². The van der Waals surface area contributed by atoms with Gasteiger partial charge < -0.3 is 15.7 Å². The first kappa shape index (κ1) is 16.3. The van der Waals surface area contributed by atoms with Gasteiger partial charge >= 0.3 is 0 Å². The smallest absolute Gasteiger partial charge is 0.239 e. The number of hydrogen-bond donors (Lipinski definition) is 3. The summed E-state index contributed by atoms with van der Waals surface area (Å²) in [7, 11) is 0. The van der Waals surface area contributed by atoms with Gasteiger partial charge in [-0.2, -0.15) is 0 Å². The van der Waals surface area contributed by atoms with Crippen LogP contribution in [0.1, 0.15) is 57.8 Å². The van der Waals surface area contributed by atoms with E-state index in [1.807, 2.05) is 0 Å². The summed E-state index contributed by atoms with van der Waals surface area (Å²) in [5.74, 6) is 0.739. The van der Waals surface area contributed by atoms with Gasteiger partial charge in [-0.3, -0.25) is 9.59 Å².